The van der Waals surface area contributed by atoms with Crippen LogP contribution in [0.5, 0.6) is 5.75 Å². The van der Waals surface area contributed by atoms with Crippen LogP contribution < -0.4 is 15.4 Å². The van der Waals surface area contributed by atoms with Gasteiger partial charge in [0.25, 0.3) is 11.8 Å². The van der Waals surface area contributed by atoms with Gasteiger partial charge in [0.2, 0.25) is 0 Å². The Labute approximate surface area is 182 Å². The van der Waals surface area contributed by atoms with Crippen molar-refractivity contribution in [2.45, 2.75) is 6.42 Å². The Morgan fingerprint density at radius 3 is 2.74 bits per heavy atom. The van der Waals surface area contributed by atoms with E-state index in [0.717, 1.165) is 11.6 Å². The zero-order valence-electron chi connectivity index (χ0n) is 16.4. The molecule has 2 N–H and O–H groups in total. The summed E-state index contributed by atoms with van der Waals surface area (Å²) < 4.78 is 23.8. The molecule has 0 aliphatic rings. The maximum atomic E-state index is 13.3. The topological polar surface area (TPSA) is 93.5 Å². The van der Waals surface area contributed by atoms with Crippen LogP contribution >= 0.6 is 11.6 Å². The van der Waals surface area contributed by atoms with Crippen molar-refractivity contribution in [1.82, 2.24) is 15.6 Å². The molecule has 0 fully saturated rings. The van der Waals surface area contributed by atoms with Crippen molar-refractivity contribution in [1.29, 1.82) is 0 Å². The van der Waals surface area contributed by atoms with Gasteiger partial charge in [0.15, 0.2) is 6.61 Å². The Morgan fingerprint density at radius 2 is 2.06 bits per heavy atom. The fourth-order valence-electron chi connectivity index (χ4n) is 2.52. The van der Waals surface area contributed by atoms with Gasteiger partial charge in [-0.05, 0) is 36.4 Å². The van der Waals surface area contributed by atoms with Gasteiger partial charge in [-0.1, -0.05) is 18.2 Å². The van der Waals surface area contributed by atoms with Gasteiger partial charge in [-0.3, -0.25) is 14.6 Å². The molecule has 0 saturated carbocycles. The van der Waals surface area contributed by atoms with Crippen LogP contribution in [0.15, 0.2) is 71.6 Å². The first-order chi connectivity index (χ1) is 14.9. The van der Waals surface area contributed by atoms with Crippen LogP contribution in [0.4, 0.5) is 4.39 Å². The minimum Gasteiger partial charge on any atom is -0.484 e. The van der Waals surface area contributed by atoms with Gasteiger partial charge in [0, 0.05) is 36.5 Å². The van der Waals surface area contributed by atoms with Gasteiger partial charge < -0.3 is 19.8 Å². The van der Waals surface area contributed by atoms with Crippen LogP contribution in [0.25, 0.3) is 11.3 Å². The smallest absolute Gasteiger partial charge is 0.273 e. The first kappa shape index (κ1) is 22.0. The number of rotatable bonds is 9. The molecule has 1 aromatic carbocycles. The van der Waals surface area contributed by atoms with E-state index in [1.165, 1.54) is 12.1 Å². The summed E-state index contributed by atoms with van der Waals surface area (Å²) in [5.41, 5.74) is 1.40. The average molecular weight is 444 g/mol. The summed E-state index contributed by atoms with van der Waals surface area (Å²) in [6.45, 7) is 3.73. The molecule has 0 saturated heterocycles. The molecule has 2 aromatic heterocycles. The summed E-state index contributed by atoms with van der Waals surface area (Å²) in [4.78, 5) is 28.2. The molecule has 3 rings (SSSR count). The third-order valence-electron chi connectivity index (χ3n) is 4.10. The summed E-state index contributed by atoms with van der Waals surface area (Å²) in [6, 6.07) is 10.8. The van der Waals surface area contributed by atoms with Gasteiger partial charge in [0.05, 0.1) is 11.3 Å². The summed E-state index contributed by atoms with van der Waals surface area (Å²) >= 11 is 5.59. The second-order valence-corrected chi connectivity index (χ2v) is 6.84. The first-order valence-corrected chi connectivity index (χ1v) is 9.64. The second-order valence-electron chi connectivity index (χ2n) is 6.43. The number of benzene rings is 1. The molecular formula is C22H19ClFN3O4. The maximum Gasteiger partial charge on any atom is 0.273 e. The number of pyridine rings is 1. The summed E-state index contributed by atoms with van der Waals surface area (Å²) in [7, 11) is 0. The van der Waals surface area contributed by atoms with Crippen molar-refractivity contribution in [3.8, 4) is 17.1 Å². The molecule has 0 unspecified atom stereocenters. The number of nitrogens with one attached hydrogen (secondary N) is 2. The minimum absolute atomic E-state index is 0.0268. The number of furan rings is 1. The highest BCUT2D eigenvalue weighted by molar-refractivity contribution is 6.30. The lowest BCUT2D eigenvalue weighted by molar-refractivity contribution is -0.123. The van der Waals surface area contributed by atoms with Crippen molar-refractivity contribution in [2.75, 3.05) is 13.2 Å². The Balaban J connectivity index is 1.37. The SMILES string of the molecule is C=C(CCNC(=O)COc1ccc(Cl)c(F)c1)NC(=O)c1ccc(-c2ccco2)cn1. The van der Waals surface area contributed by atoms with Gasteiger partial charge in [-0.2, -0.15) is 0 Å². The third-order valence-corrected chi connectivity index (χ3v) is 4.41. The van der Waals surface area contributed by atoms with Crippen LogP contribution in [0.1, 0.15) is 16.9 Å². The number of ether oxygens (including phenoxy) is 1. The lowest BCUT2D eigenvalue weighted by Gasteiger charge is -2.10. The van der Waals surface area contributed by atoms with E-state index in [1.807, 2.05) is 0 Å². The molecule has 9 heteroatoms. The number of hydrogen-bond acceptors (Lipinski definition) is 5. The van der Waals surface area contributed by atoms with Crippen LogP contribution in [0.3, 0.4) is 0 Å². The number of aromatic nitrogens is 1. The summed E-state index contributed by atoms with van der Waals surface area (Å²) in [6.07, 6.45) is 3.42. The molecular weight excluding hydrogens is 425 g/mol. The lowest BCUT2D eigenvalue weighted by atomic mass is 10.2. The Bertz CT molecular complexity index is 1070. The van der Waals surface area contributed by atoms with Crippen LogP contribution in [-0.4, -0.2) is 29.9 Å². The lowest BCUT2D eigenvalue weighted by Crippen LogP contribution is -2.31. The molecule has 2 amide bonds. The standard InChI is InChI=1S/C22H19ClFN3O4/c1-14(8-9-25-21(28)13-31-16-5-6-17(23)18(24)11-16)27-22(29)19-7-4-15(12-26-19)20-3-2-10-30-20/h2-7,10-12H,1,8-9,13H2,(H,25,28)(H,27,29). The highest BCUT2D eigenvalue weighted by Gasteiger charge is 2.10. The minimum atomic E-state index is -0.628. The molecule has 0 atom stereocenters. The number of halogens is 2. The van der Waals surface area contributed by atoms with E-state index >= 15 is 0 Å². The van der Waals surface area contributed by atoms with Gasteiger partial charge in [0.1, 0.15) is 23.0 Å². The van der Waals surface area contributed by atoms with Crippen molar-refractivity contribution in [3.05, 3.63) is 83.7 Å². The van der Waals surface area contributed by atoms with E-state index in [4.69, 9.17) is 20.8 Å². The maximum absolute atomic E-state index is 13.3. The van der Waals surface area contributed by atoms with Crippen molar-refractivity contribution in [3.63, 3.8) is 0 Å². The Morgan fingerprint density at radius 1 is 1.23 bits per heavy atom. The molecule has 7 nitrogen and oxygen atoms in total. The molecule has 3 aromatic rings. The molecule has 160 valence electrons. The fraction of sp³-hybridized carbons (Fsp3) is 0.136. The monoisotopic (exact) mass is 443 g/mol. The van der Waals surface area contributed by atoms with E-state index in [9.17, 15) is 14.0 Å². The second kappa shape index (κ2) is 10.4. The quantitative estimate of drug-likeness (QED) is 0.522. The van der Waals surface area contributed by atoms with Crippen LogP contribution in [0.2, 0.25) is 5.02 Å². The zero-order chi connectivity index (χ0) is 22.2. The predicted molar refractivity (Wildman–Crippen MR) is 113 cm³/mol. The van der Waals surface area contributed by atoms with Crippen molar-refractivity contribution < 1.29 is 23.1 Å². The fourth-order valence-corrected chi connectivity index (χ4v) is 2.64. The zero-order valence-corrected chi connectivity index (χ0v) is 17.1. The van der Waals surface area contributed by atoms with Crippen LogP contribution in [0, 0.1) is 5.82 Å². The highest BCUT2D eigenvalue weighted by atomic mass is 35.5. The largest absolute Gasteiger partial charge is 0.484 e. The Kier molecular flexibility index (Phi) is 7.40. The number of hydrogen-bond donors (Lipinski definition) is 2. The van der Waals surface area contributed by atoms with E-state index in [0.29, 0.717) is 17.9 Å². The third kappa shape index (κ3) is 6.42. The first-order valence-electron chi connectivity index (χ1n) is 9.26. The summed E-state index contributed by atoms with van der Waals surface area (Å²) in [5.74, 6) is -0.583. The molecule has 0 radical (unpaired) electrons. The average Bonchev–Trinajstić information content (AvgIpc) is 3.29. The van der Waals surface area contributed by atoms with Crippen molar-refractivity contribution in [2.24, 2.45) is 0 Å². The normalized spacial score (nSPS) is 10.4. The van der Waals surface area contributed by atoms with Crippen LogP contribution in [-0.2, 0) is 4.79 Å². The van der Waals surface area contributed by atoms with Gasteiger partial charge in [-0.15, -0.1) is 0 Å². The summed E-state index contributed by atoms with van der Waals surface area (Å²) in [5, 5.41) is 5.23. The van der Waals surface area contributed by atoms with E-state index in [2.05, 4.69) is 22.2 Å². The number of carbonyl (C=O) groups is 2. The number of nitrogens with zero attached hydrogens (tertiary/aromatic N) is 1. The van der Waals surface area contributed by atoms with E-state index < -0.39 is 17.6 Å². The molecule has 0 aliphatic carbocycles. The molecule has 31 heavy (non-hydrogen) atoms. The van der Waals surface area contributed by atoms with Gasteiger partial charge in [-0.25, -0.2) is 4.39 Å². The Hall–Kier alpha value is -3.65. The van der Waals surface area contributed by atoms with E-state index in [-0.39, 0.29) is 29.6 Å². The van der Waals surface area contributed by atoms with Gasteiger partial charge >= 0.3 is 0 Å². The molecule has 0 bridgehead atoms. The molecule has 0 aliphatic heterocycles. The molecule has 2 heterocycles. The van der Waals surface area contributed by atoms with Crippen molar-refractivity contribution >= 4 is 23.4 Å². The number of carbonyl (C=O) groups excluding carboxylic acids is 2. The highest BCUT2D eigenvalue weighted by Crippen LogP contribution is 2.20. The van der Waals surface area contributed by atoms with E-state index in [1.54, 1.807) is 36.7 Å². The molecule has 0 spiro atoms. The number of amides is 2. The predicted octanol–water partition coefficient (Wildman–Crippen LogP) is 3.96.